The fourth-order valence-corrected chi connectivity index (χ4v) is 7.85. The molecule has 2 saturated heterocycles. The van der Waals surface area contributed by atoms with Crippen molar-refractivity contribution in [2.24, 2.45) is 0 Å². The Morgan fingerprint density at radius 1 is 1.03 bits per heavy atom. The minimum atomic E-state index is -2.41. The first-order valence-corrected chi connectivity index (χ1v) is 14.8. The van der Waals surface area contributed by atoms with Gasteiger partial charge in [0.25, 0.3) is 0 Å². The fraction of sp³-hybridized carbons (Fsp3) is 0.407. The Morgan fingerprint density at radius 2 is 1.83 bits per heavy atom. The second-order valence-corrected chi connectivity index (χ2v) is 12.9. The molecule has 1 saturated carbocycles. The lowest BCUT2D eigenvalue weighted by molar-refractivity contribution is 0.157. The molecule has 3 heterocycles. The Balaban J connectivity index is 1.20. The minimum absolute atomic E-state index is 0.103. The third-order valence-electron chi connectivity index (χ3n) is 7.45. The van der Waals surface area contributed by atoms with E-state index < -0.39 is 7.14 Å². The van der Waals surface area contributed by atoms with Crippen LogP contribution in [0.3, 0.4) is 0 Å². The van der Waals surface area contributed by atoms with E-state index in [9.17, 15) is 4.57 Å². The van der Waals surface area contributed by atoms with Gasteiger partial charge in [0.15, 0.2) is 5.82 Å². The maximum absolute atomic E-state index is 13.8. The molecule has 3 aromatic rings. The quantitative estimate of drug-likeness (QED) is 0.468. The highest BCUT2D eigenvalue weighted by Crippen LogP contribution is 2.49. The first-order chi connectivity index (χ1) is 17.6. The van der Waals surface area contributed by atoms with Crippen molar-refractivity contribution in [1.29, 1.82) is 0 Å². The Morgan fingerprint density at radius 3 is 2.58 bits per heavy atom. The van der Waals surface area contributed by atoms with Crippen LogP contribution >= 0.6 is 7.14 Å². The van der Waals surface area contributed by atoms with Crippen LogP contribution in [0.1, 0.15) is 30.9 Å². The standard InChI is InChI=1S/C27H32N5O3P/c1-34-25-17-22(36(33)15-12-31(13-16-36)21-7-8-21)9-10-23(25)30-26-18-27(29-19-28-26)32-24(11-14-35-32)20-5-3-2-4-6-20/h2-6,9-10,17-19,21,24H,7-8,11-16H2,1H3,(H,28,29,30). The van der Waals surface area contributed by atoms with Gasteiger partial charge in [-0.05, 0) is 36.6 Å². The molecule has 1 aromatic heterocycles. The molecule has 8 nitrogen and oxygen atoms in total. The molecule has 0 spiro atoms. The summed E-state index contributed by atoms with van der Waals surface area (Å²) in [5, 5.41) is 6.12. The van der Waals surface area contributed by atoms with Gasteiger partial charge in [0.2, 0.25) is 0 Å². The summed E-state index contributed by atoms with van der Waals surface area (Å²) in [5.41, 5.74) is 1.97. The molecule has 1 aliphatic carbocycles. The summed E-state index contributed by atoms with van der Waals surface area (Å²) in [7, 11) is -0.772. The van der Waals surface area contributed by atoms with Crippen LogP contribution in [-0.4, -0.2) is 60.0 Å². The van der Waals surface area contributed by atoms with Crippen LogP contribution in [0.2, 0.25) is 0 Å². The van der Waals surface area contributed by atoms with Crippen LogP contribution in [0, 0.1) is 0 Å². The second-order valence-electron chi connectivity index (χ2n) is 9.75. The highest BCUT2D eigenvalue weighted by Gasteiger charge is 2.37. The molecule has 3 aliphatic rings. The first kappa shape index (κ1) is 23.5. The first-order valence-electron chi connectivity index (χ1n) is 12.7. The number of methoxy groups -OCH3 is 1. The molecule has 2 aliphatic heterocycles. The molecule has 1 unspecified atom stereocenters. The number of nitrogens with zero attached hydrogens (tertiary/aromatic N) is 4. The van der Waals surface area contributed by atoms with E-state index in [0.717, 1.165) is 48.9 Å². The normalized spacial score (nSPS) is 21.9. The molecule has 0 bridgehead atoms. The van der Waals surface area contributed by atoms with Gasteiger partial charge < -0.3 is 14.6 Å². The topological polar surface area (TPSA) is 79.8 Å². The van der Waals surface area contributed by atoms with Gasteiger partial charge in [0, 0.05) is 49.2 Å². The van der Waals surface area contributed by atoms with Gasteiger partial charge in [0.05, 0.1) is 25.4 Å². The van der Waals surface area contributed by atoms with Gasteiger partial charge in [-0.25, -0.2) is 15.0 Å². The minimum Gasteiger partial charge on any atom is -0.495 e. The number of nitrogens with one attached hydrogen (secondary N) is 1. The van der Waals surface area contributed by atoms with Gasteiger partial charge in [0.1, 0.15) is 25.0 Å². The van der Waals surface area contributed by atoms with E-state index in [1.54, 1.807) is 7.11 Å². The third kappa shape index (κ3) is 4.73. The van der Waals surface area contributed by atoms with E-state index in [1.165, 1.54) is 24.7 Å². The highest BCUT2D eigenvalue weighted by molar-refractivity contribution is 7.71. The summed E-state index contributed by atoms with van der Waals surface area (Å²) >= 11 is 0. The second kappa shape index (κ2) is 9.85. The summed E-state index contributed by atoms with van der Waals surface area (Å²) < 4.78 is 19.5. The Hall–Kier alpha value is -2.93. The number of ether oxygens (including phenoxy) is 1. The van der Waals surface area contributed by atoms with Crippen LogP contribution in [0.15, 0.2) is 60.9 Å². The van der Waals surface area contributed by atoms with Gasteiger partial charge in [-0.1, -0.05) is 30.3 Å². The number of aromatic nitrogens is 2. The predicted octanol–water partition coefficient (Wildman–Crippen LogP) is 4.58. The summed E-state index contributed by atoms with van der Waals surface area (Å²) in [4.78, 5) is 17.3. The monoisotopic (exact) mass is 505 g/mol. The fourth-order valence-electron chi connectivity index (χ4n) is 5.25. The van der Waals surface area contributed by atoms with Crippen molar-refractivity contribution in [3.63, 3.8) is 0 Å². The Labute approximate surface area is 212 Å². The van der Waals surface area contributed by atoms with E-state index in [2.05, 4.69) is 32.3 Å². The molecule has 3 fully saturated rings. The molecule has 0 amide bonds. The summed E-state index contributed by atoms with van der Waals surface area (Å²) in [6.07, 6.45) is 6.50. The summed E-state index contributed by atoms with van der Waals surface area (Å²) in [6.45, 7) is 2.49. The maximum atomic E-state index is 13.8. The molecule has 36 heavy (non-hydrogen) atoms. The number of hydrogen-bond donors (Lipinski definition) is 1. The average Bonchev–Trinajstić information content (AvgIpc) is 3.65. The molecule has 6 rings (SSSR count). The lowest BCUT2D eigenvalue weighted by Crippen LogP contribution is -2.38. The number of benzene rings is 2. The molecule has 1 atom stereocenters. The smallest absolute Gasteiger partial charge is 0.158 e. The van der Waals surface area contributed by atoms with Crippen LogP contribution < -0.4 is 20.4 Å². The lowest BCUT2D eigenvalue weighted by atomic mass is 10.0. The van der Waals surface area contributed by atoms with Crippen LogP contribution in [0.25, 0.3) is 0 Å². The number of anilines is 3. The van der Waals surface area contributed by atoms with Gasteiger partial charge in [-0.15, -0.1) is 0 Å². The van der Waals surface area contributed by atoms with Crippen molar-refractivity contribution in [2.45, 2.75) is 31.3 Å². The molecule has 0 radical (unpaired) electrons. The van der Waals surface area contributed by atoms with Crippen LogP contribution in [0.4, 0.5) is 17.3 Å². The zero-order valence-corrected chi connectivity index (χ0v) is 21.4. The summed E-state index contributed by atoms with van der Waals surface area (Å²) in [5.74, 6) is 1.99. The van der Waals surface area contributed by atoms with Crippen molar-refractivity contribution in [3.8, 4) is 5.75 Å². The molecule has 2 aromatic carbocycles. The SMILES string of the molecule is COc1cc(P2(=O)CCN(C3CC3)CC2)ccc1Nc1cc(N2OCCC2c2ccccc2)ncn1. The predicted molar refractivity (Wildman–Crippen MR) is 142 cm³/mol. The van der Waals surface area contributed by atoms with Gasteiger partial charge in [-0.3, -0.25) is 9.74 Å². The van der Waals surface area contributed by atoms with Crippen molar-refractivity contribution < 1.29 is 14.1 Å². The maximum Gasteiger partial charge on any atom is 0.158 e. The van der Waals surface area contributed by atoms with Gasteiger partial charge in [-0.2, -0.15) is 0 Å². The largest absolute Gasteiger partial charge is 0.495 e. The van der Waals surface area contributed by atoms with Gasteiger partial charge >= 0.3 is 0 Å². The van der Waals surface area contributed by atoms with E-state index in [0.29, 0.717) is 24.0 Å². The average molecular weight is 506 g/mol. The zero-order valence-electron chi connectivity index (χ0n) is 20.5. The number of hydroxylamine groups is 1. The summed E-state index contributed by atoms with van der Waals surface area (Å²) in [6, 6.07) is 18.9. The number of hydrogen-bond acceptors (Lipinski definition) is 8. The molecular weight excluding hydrogens is 473 g/mol. The van der Waals surface area contributed by atoms with E-state index in [4.69, 9.17) is 9.57 Å². The molecule has 1 N–H and O–H groups in total. The van der Waals surface area contributed by atoms with Crippen LogP contribution in [-0.2, 0) is 9.40 Å². The van der Waals surface area contributed by atoms with Crippen molar-refractivity contribution in [3.05, 3.63) is 66.5 Å². The highest BCUT2D eigenvalue weighted by atomic mass is 31.2. The van der Waals surface area contributed by atoms with Crippen molar-refractivity contribution in [1.82, 2.24) is 14.9 Å². The van der Waals surface area contributed by atoms with E-state index in [-0.39, 0.29) is 6.04 Å². The van der Waals surface area contributed by atoms with E-state index in [1.807, 2.05) is 47.5 Å². The molecule has 188 valence electrons. The Kier molecular flexibility index (Phi) is 6.42. The lowest BCUT2D eigenvalue weighted by Gasteiger charge is -2.32. The molecule has 9 heteroatoms. The third-order valence-corrected chi connectivity index (χ3v) is 10.5. The Bertz CT molecular complexity index is 1260. The van der Waals surface area contributed by atoms with E-state index >= 15 is 0 Å². The van der Waals surface area contributed by atoms with Crippen molar-refractivity contribution in [2.75, 3.05) is 49.5 Å². The number of rotatable bonds is 7. The van der Waals surface area contributed by atoms with Crippen LogP contribution in [0.5, 0.6) is 5.75 Å². The van der Waals surface area contributed by atoms with Crippen molar-refractivity contribution >= 4 is 29.8 Å². The molecular formula is C27H32N5O3P. The zero-order chi connectivity index (χ0) is 24.5.